The fraction of sp³-hybridized carbons (Fsp3) is 0.105. The summed E-state index contributed by atoms with van der Waals surface area (Å²) in [4.78, 5) is 24.1. The lowest BCUT2D eigenvalue weighted by Crippen LogP contribution is -2.44. The predicted octanol–water partition coefficient (Wildman–Crippen LogP) is 2.22. The van der Waals surface area contributed by atoms with E-state index in [1.54, 1.807) is 24.3 Å². The average Bonchev–Trinajstić information content (AvgIpc) is 3.16. The van der Waals surface area contributed by atoms with Gasteiger partial charge in [-0.15, -0.1) is 0 Å². The minimum atomic E-state index is -3.70. The molecule has 29 heavy (non-hydrogen) atoms. The Hall–Kier alpha value is -2.98. The molecule has 3 aromatic rings. The number of nitrogens with one attached hydrogen (secondary N) is 3. The highest BCUT2D eigenvalue weighted by molar-refractivity contribution is 9.10. The SMILES string of the molecule is O=C(CS(=O)(=O)Cc1cccc(Br)c1)NNC(=O)c1cc(-c2ccccc2)n[nH]1. The molecule has 0 radical (unpaired) electrons. The van der Waals surface area contributed by atoms with Gasteiger partial charge in [0, 0.05) is 10.0 Å². The van der Waals surface area contributed by atoms with Crippen LogP contribution in [0.5, 0.6) is 0 Å². The average molecular weight is 477 g/mol. The molecule has 8 nitrogen and oxygen atoms in total. The monoisotopic (exact) mass is 476 g/mol. The van der Waals surface area contributed by atoms with Crippen molar-refractivity contribution in [3.8, 4) is 11.3 Å². The first-order valence-corrected chi connectivity index (χ1v) is 11.1. The molecule has 1 heterocycles. The Labute approximate surface area is 175 Å². The number of aromatic amines is 1. The molecule has 0 fully saturated rings. The lowest BCUT2D eigenvalue weighted by molar-refractivity contribution is -0.119. The van der Waals surface area contributed by atoms with E-state index >= 15 is 0 Å². The van der Waals surface area contributed by atoms with Crippen molar-refractivity contribution >= 4 is 37.6 Å². The Morgan fingerprint density at radius 1 is 1.00 bits per heavy atom. The maximum Gasteiger partial charge on any atom is 0.287 e. The van der Waals surface area contributed by atoms with Gasteiger partial charge in [0.2, 0.25) is 0 Å². The standard InChI is InChI=1S/C19H17BrN4O4S/c20-15-8-4-5-13(9-15)11-29(27,28)12-18(25)23-24-19(26)17-10-16(21-22-17)14-6-2-1-3-7-14/h1-10H,11-12H2,(H,21,22)(H,23,25)(H,24,26). The Balaban J connectivity index is 1.53. The van der Waals surface area contributed by atoms with Crippen LogP contribution in [0.3, 0.4) is 0 Å². The Morgan fingerprint density at radius 3 is 2.48 bits per heavy atom. The molecule has 0 spiro atoms. The van der Waals surface area contributed by atoms with Crippen molar-refractivity contribution in [1.29, 1.82) is 0 Å². The molecule has 2 amide bonds. The number of halogens is 1. The highest BCUT2D eigenvalue weighted by atomic mass is 79.9. The van der Waals surface area contributed by atoms with Crippen molar-refractivity contribution in [3.63, 3.8) is 0 Å². The summed E-state index contributed by atoms with van der Waals surface area (Å²) in [6.07, 6.45) is 0. The molecular formula is C19H17BrN4O4S. The van der Waals surface area contributed by atoms with Gasteiger partial charge in [0.1, 0.15) is 11.4 Å². The number of sulfone groups is 1. The second-order valence-electron chi connectivity index (χ2n) is 6.20. The molecule has 0 unspecified atom stereocenters. The molecule has 10 heteroatoms. The van der Waals surface area contributed by atoms with E-state index < -0.39 is 27.4 Å². The molecular weight excluding hydrogens is 460 g/mol. The Bertz CT molecular complexity index is 1130. The van der Waals surface area contributed by atoms with Crippen molar-refractivity contribution in [2.45, 2.75) is 5.75 Å². The van der Waals surface area contributed by atoms with E-state index in [0.29, 0.717) is 11.3 Å². The third-order valence-electron chi connectivity index (χ3n) is 3.83. The fourth-order valence-corrected chi connectivity index (χ4v) is 4.26. The lowest BCUT2D eigenvalue weighted by atomic mass is 10.1. The number of rotatable bonds is 6. The second kappa shape index (κ2) is 9.01. The molecule has 2 aromatic carbocycles. The zero-order valence-electron chi connectivity index (χ0n) is 15.1. The van der Waals surface area contributed by atoms with Crippen molar-refractivity contribution in [2.24, 2.45) is 0 Å². The number of hydrogen-bond donors (Lipinski definition) is 3. The molecule has 3 N–H and O–H groups in total. The maximum absolute atomic E-state index is 12.2. The van der Waals surface area contributed by atoms with Gasteiger partial charge in [-0.3, -0.25) is 25.5 Å². The highest BCUT2D eigenvalue weighted by Gasteiger charge is 2.19. The van der Waals surface area contributed by atoms with Gasteiger partial charge in [-0.05, 0) is 23.8 Å². The van der Waals surface area contributed by atoms with Crippen molar-refractivity contribution in [2.75, 3.05) is 5.75 Å². The number of aromatic nitrogens is 2. The van der Waals surface area contributed by atoms with Gasteiger partial charge < -0.3 is 0 Å². The van der Waals surface area contributed by atoms with Gasteiger partial charge in [-0.25, -0.2) is 8.42 Å². The molecule has 0 saturated carbocycles. The van der Waals surface area contributed by atoms with Crippen LogP contribution in [0.25, 0.3) is 11.3 Å². The molecule has 0 aliphatic rings. The van der Waals surface area contributed by atoms with Crippen LogP contribution in [0.15, 0.2) is 65.1 Å². The number of carbonyl (C=O) groups is 2. The van der Waals surface area contributed by atoms with Crippen LogP contribution in [0.2, 0.25) is 0 Å². The van der Waals surface area contributed by atoms with Crippen molar-refractivity contribution in [3.05, 3.63) is 76.4 Å². The van der Waals surface area contributed by atoms with Crippen LogP contribution in [-0.2, 0) is 20.4 Å². The van der Waals surface area contributed by atoms with Gasteiger partial charge in [0.25, 0.3) is 11.8 Å². The minimum absolute atomic E-state index is 0.126. The summed E-state index contributed by atoms with van der Waals surface area (Å²) in [5.41, 5.74) is 6.36. The molecule has 0 aliphatic carbocycles. The van der Waals surface area contributed by atoms with Crippen LogP contribution in [0.4, 0.5) is 0 Å². The number of nitrogens with zero attached hydrogens (tertiary/aromatic N) is 1. The number of hydrogen-bond acceptors (Lipinski definition) is 5. The quantitative estimate of drug-likeness (QED) is 0.470. The van der Waals surface area contributed by atoms with Gasteiger partial charge in [-0.1, -0.05) is 58.4 Å². The van der Waals surface area contributed by atoms with E-state index in [4.69, 9.17) is 0 Å². The van der Waals surface area contributed by atoms with E-state index in [2.05, 4.69) is 37.0 Å². The summed E-state index contributed by atoms with van der Waals surface area (Å²) >= 11 is 3.27. The van der Waals surface area contributed by atoms with Crippen LogP contribution in [-0.4, -0.2) is 36.2 Å². The molecule has 0 bridgehead atoms. The largest absolute Gasteiger partial charge is 0.287 e. The van der Waals surface area contributed by atoms with Crippen LogP contribution in [0, 0.1) is 0 Å². The summed E-state index contributed by atoms with van der Waals surface area (Å²) in [5, 5.41) is 6.63. The van der Waals surface area contributed by atoms with Gasteiger partial charge in [0.15, 0.2) is 9.84 Å². The fourth-order valence-electron chi connectivity index (χ4n) is 2.56. The summed E-state index contributed by atoms with van der Waals surface area (Å²) in [7, 11) is -3.70. The lowest BCUT2D eigenvalue weighted by Gasteiger charge is -2.07. The van der Waals surface area contributed by atoms with Crippen LogP contribution in [0.1, 0.15) is 16.1 Å². The first kappa shape index (κ1) is 20.7. The summed E-state index contributed by atoms with van der Waals surface area (Å²) in [6.45, 7) is 0. The first-order chi connectivity index (χ1) is 13.8. The summed E-state index contributed by atoms with van der Waals surface area (Å²) in [5.74, 6) is -2.51. The van der Waals surface area contributed by atoms with Crippen LogP contribution < -0.4 is 10.9 Å². The molecule has 3 rings (SSSR count). The molecule has 150 valence electrons. The van der Waals surface area contributed by atoms with Gasteiger partial charge in [0.05, 0.1) is 11.4 Å². The smallest absolute Gasteiger partial charge is 0.272 e. The summed E-state index contributed by atoms with van der Waals surface area (Å²) < 4.78 is 25.1. The van der Waals surface area contributed by atoms with Crippen molar-refractivity contribution in [1.82, 2.24) is 21.0 Å². The first-order valence-electron chi connectivity index (χ1n) is 8.47. The highest BCUT2D eigenvalue weighted by Crippen LogP contribution is 2.17. The third-order valence-corrected chi connectivity index (χ3v) is 5.80. The number of hydrazine groups is 1. The van der Waals surface area contributed by atoms with E-state index in [0.717, 1.165) is 10.0 Å². The number of carbonyl (C=O) groups excluding carboxylic acids is 2. The number of amides is 2. The molecule has 0 aliphatic heterocycles. The summed E-state index contributed by atoms with van der Waals surface area (Å²) in [6, 6.07) is 17.6. The van der Waals surface area contributed by atoms with Gasteiger partial charge >= 0.3 is 0 Å². The molecule has 0 atom stereocenters. The molecule has 1 aromatic heterocycles. The minimum Gasteiger partial charge on any atom is -0.272 e. The Kier molecular flexibility index (Phi) is 6.45. The zero-order chi connectivity index (χ0) is 20.9. The van der Waals surface area contributed by atoms with E-state index in [9.17, 15) is 18.0 Å². The third kappa shape index (κ3) is 6.00. The number of benzene rings is 2. The second-order valence-corrected chi connectivity index (χ2v) is 9.18. The number of H-pyrrole nitrogens is 1. The van der Waals surface area contributed by atoms with E-state index in [1.165, 1.54) is 6.07 Å². The van der Waals surface area contributed by atoms with E-state index in [1.807, 2.05) is 30.3 Å². The zero-order valence-corrected chi connectivity index (χ0v) is 17.5. The molecule has 0 saturated heterocycles. The van der Waals surface area contributed by atoms with Crippen LogP contribution >= 0.6 is 15.9 Å². The normalized spacial score (nSPS) is 11.1. The topological polar surface area (TPSA) is 121 Å². The Morgan fingerprint density at radius 2 is 1.76 bits per heavy atom. The maximum atomic E-state index is 12.2. The van der Waals surface area contributed by atoms with Crippen molar-refractivity contribution < 1.29 is 18.0 Å². The predicted molar refractivity (Wildman–Crippen MR) is 111 cm³/mol. The van der Waals surface area contributed by atoms with E-state index in [-0.39, 0.29) is 11.4 Å². The van der Waals surface area contributed by atoms with Gasteiger partial charge in [-0.2, -0.15) is 5.10 Å².